The lowest BCUT2D eigenvalue weighted by Gasteiger charge is -2.33. The van der Waals surface area contributed by atoms with E-state index in [1.165, 1.54) is 4.90 Å². The number of imide groups is 1. The smallest absolute Gasteiger partial charge is 0.311 e. The molecule has 1 aliphatic heterocycles. The zero-order valence-electron chi connectivity index (χ0n) is 11.5. The van der Waals surface area contributed by atoms with E-state index in [4.69, 9.17) is 0 Å². The van der Waals surface area contributed by atoms with Gasteiger partial charge in [-0.25, -0.2) is 0 Å². The lowest BCUT2D eigenvalue weighted by Crippen LogP contribution is -2.50. The molecule has 2 amide bonds. The van der Waals surface area contributed by atoms with Crippen LogP contribution in [0.2, 0.25) is 0 Å². The van der Waals surface area contributed by atoms with Gasteiger partial charge in [0.25, 0.3) is 0 Å². The quantitative estimate of drug-likeness (QED) is 0.614. The van der Waals surface area contributed by atoms with Crippen molar-refractivity contribution in [2.45, 2.75) is 45.1 Å². The first-order chi connectivity index (χ1) is 9.47. The van der Waals surface area contributed by atoms with Gasteiger partial charge in [-0.15, -0.1) is 0 Å². The standard InChI is InChI=1S/C15H19NO4/c1-15(14(19)20)8-4-7-11(15)16-12(17)9-5-2-3-6-10(9)13(16)18/h2-3,9-11H,4-8H2,1H3,(H,19,20)/t9-,10+,11?,15?. The molecule has 1 heterocycles. The fourth-order valence-electron chi connectivity index (χ4n) is 3.94. The molecule has 1 saturated heterocycles. The van der Waals surface area contributed by atoms with Crippen LogP contribution in [0.1, 0.15) is 39.0 Å². The summed E-state index contributed by atoms with van der Waals surface area (Å²) in [7, 11) is 0. The number of carbonyl (C=O) groups excluding carboxylic acids is 2. The molecule has 0 spiro atoms. The highest BCUT2D eigenvalue weighted by Crippen LogP contribution is 2.46. The molecule has 108 valence electrons. The summed E-state index contributed by atoms with van der Waals surface area (Å²) in [6.07, 6.45) is 6.97. The fourth-order valence-corrected chi connectivity index (χ4v) is 3.94. The molecule has 0 radical (unpaired) electrons. The maximum atomic E-state index is 12.5. The van der Waals surface area contributed by atoms with Gasteiger partial charge >= 0.3 is 5.97 Å². The summed E-state index contributed by atoms with van der Waals surface area (Å²) in [4.78, 5) is 37.9. The number of amides is 2. The Morgan fingerprint density at radius 2 is 1.80 bits per heavy atom. The van der Waals surface area contributed by atoms with Crippen LogP contribution in [0.15, 0.2) is 12.2 Å². The van der Waals surface area contributed by atoms with Gasteiger partial charge in [-0.2, -0.15) is 0 Å². The van der Waals surface area contributed by atoms with E-state index in [9.17, 15) is 19.5 Å². The molecule has 3 rings (SSSR count). The first-order valence-corrected chi connectivity index (χ1v) is 7.22. The molecule has 2 unspecified atom stereocenters. The second-order valence-corrected chi connectivity index (χ2v) is 6.33. The molecule has 3 aliphatic rings. The van der Waals surface area contributed by atoms with Crippen LogP contribution in [-0.2, 0) is 14.4 Å². The van der Waals surface area contributed by atoms with Crippen molar-refractivity contribution >= 4 is 17.8 Å². The Morgan fingerprint density at radius 1 is 1.25 bits per heavy atom. The van der Waals surface area contributed by atoms with Gasteiger partial charge in [0, 0.05) is 0 Å². The number of carboxylic acid groups (broad SMARTS) is 1. The number of hydrogen-bond donors (Lipinski definition) is 1. The van der Waals surface area contributed by atoms with Crippen LogP contribution in [0, 0.1) is 17.3 Å². The third-order valence-corrected chi connectivity index (χ3v) is 5.25. The number of likely N-dealkylation sites (tertiary alicyclic amines) is 1. The molecular formula is C15H19NO4. The number of aliphatic carboxylic acids is 1. The van der Waals surface area contributed by atoms with Crippen LogP contribution >= 0.6 is 0 Å². The maximum Gasteiger partial charge on any atom is 0.311 e. The minimum Gasteiger partial charge on any atom is -0.481 e. The van der Waals surface area contributed by atoms with Gasteiger partial charge in [0.2, 0.25) is 11.8 Å². The highest BCUT2D eigenvalue weighted by molar-refractivity contribution is 6.06. The van der Waals surface area contributed by atoms with Crippen molar-refractivity contribution in [1.29, 1.82) is 0 Å². The number of fused-ring (bicyclic) bond motifs is 1. The Bertz CT molecular complexity index is 486. The zero-order chi connectivity index (χ0) is 14.5. The van der Waals surface area contributed by atoms with Gasteiger partial charge in [0.1, 0.15) is 0 Å². The molecule has 2 fully saturated rings. The summed E-state index contributed by atoms with van der Waals surface area (Å²) < 4.78 is 0. The summed E-state index contributed by atoms with van der Waals surface area (Å²) >= 11 is 0. The van der Waals surface area contributed by atoms with E-state index in [-0.39, 0.29) is 23.7 Å². The average Bonchev–Trinajstić information content (AvgIpc) is 2.92. The summed E-state index contributed by atoms with van der Waals surface area (Å²) in [5.74, 6) is -1.78. The normalized spacial score (nSPS) is 40.2. The third kappa shape index (κ3) is 1.65. The zero-order valence-corrected chi connectivity index (χ0v) is 11.5. The summed E-state index contributed by atoms with van der Waals surface area (Å²) in [6, 6.07) is -0.481. The molecule has 20 heavy (non-hydrogen) atoms. The van der Waals surface area contributed by atoms with Crippen LogP contribution in [0.25, 0.3) is 0 Å². The molecule has 5 nitrogen and oxygen atoms in total. The molecule has 2 aliphatic carbocycles. The van der Waals surface area contributed by atoms with Crippen LogP contribution in [0.5, 0.6) is 0 Å². The SMILES string of the molecule is CC1(C(=O)O)CCCC1N1C(=O)[C@H]2CC=CC[C@H]2C1=O. The van der Waals surface area contributed by atoms with Gasteiger partial charge in [0.15, 0.2) is 0 Å². The van der Waals surface area contributed by atoms with Gasteiger partial charge < -0.3 is 5.11 Å². The Kier molecular flexibility index (Phi) is 2.96. The highest BCUT2D eigenvalue weighted by atomic mass is 16.4. The van der Waals surface area contributed by atoms with Gasteiger partial charge in [-0.3, -0.25) is 19.3 Å². The summed E-state index contributed by atoms with van der Waals surface area (Å²) in [5, 5.41) is 9.47. The molecule has 4 atom stereocenters. The van der Waals surface area contributed by atoms with Crippen LogP contribution in [-0.4, -0.2) is 33.8 Å². The van der Waals surface area contributed by atoms with E-state index in [0.717, 1.165) is 6.42 Å². The van der Waals surface area contributed by atoms with Crippen molar-refractivity contribution < 1.29 is 19.5 Å². The predicted molar refractivity (Wildman–Crippen MR) is 70.6 cm³/mol. The van der Waals surface area contributed by atoms with E-state index in [1.54, 1.807) is 6.92 Å². The van der Waals surface area contributed by atoms with E-state index >= 15 is 0 Å². The van der Waals surface area contributed by atoms with Crippen LogP contribution in [0.3, 0.4) is 0 Å². The van der Waals surface area contributed by atoms with E-state index in [1.807, 2.05) is 12.2 Å². The minimum absolute atomic E-state index is 0.163. The molecule has 0 bridgehead atoms. The van der Waals surface area contributed by atoms with Crippen molar-refractivity contribution in [2.75, 3.05) is 0 Å². The Balaban J connectivity index is 1.93. The van der Waals surface area contributed by atoms with Crippen molar-refractivity contribution in [3.8, 4) is 0 Å². The van der Waals surface area contributed by atoms with Crippen molar-refractivity contribution in [3.05, 3.63) is 12.2 Å². The number of allylic oxidation sites excluding steroid dienone is 2. The van der Waals surface area contributed by atoms with Crippen LogP contribution < -0.4 is 0 Å². The van der Waals surface area contributed by atoms with Crippen molar-refractivity contribution in [2.24, 2.45) is 17.3 Å². The maximum absolute atomic E-state index is 12.5. The first kappa shape index (κ1) is 13.3. The third-order valence-electron chi connectivity index (χ3n) is 5.25. The lowest BCUT2D eigenvalue weighted by molar-refractivity contribution is -0.155. The van der Waals surface area contributed by atoms with E-state index in [0.29, 0.717) is 25.7 Å². The number of nitrogens with zero attached hydrogens (tertiary/aromatic N) is 1. The number of carboxylic acids is 1. The second-order valence-electron chi connectivity index (χ2n) is 6.33. The summed E-state index contributed by atoms with van der Waals surface area (Å²) in [6.45, 7) is 1.66. The number of carbonyl (C=O) groups is 3. The molecule has 0 aromatic rings. The van der Waals surface area contributed by atoms with Gasteiger partial charge in [0.05, 0.1) is 23.3 Å². The summed E-state index contributed by atoms with van der Waals surface area (Å²) in [5.41, 5.74) is -0.994. The fraction of sp³-hybridized carbons (Fsp3) is 0.667. The molecule has 1 N–H and O–H groups in total. The van der Waals surface area contributed by atoms with Gasteiger partial charge in [-0.05, 0) is 32.6 Å². The predicted octanol–water partition coefficient (Wildman–Crippen LogP) is 1.58. The molecular weight excluding hydrogens is 258 g/mol. The topological polar surface area (TPSA) is 74.7 Å². The Labute approximate surface area is 117 Å². The highest BCUT2D eigenvalue weighted by Gasteiger charge is 2.57. The lowest BCUT2D eigenvalue weighted by atomic mass is 9.84. The Hall–Kier alpha value is -1.65. The molecule has 1 saturated carbocycles. The van der Waals surface area contributed by atoms with Crippen molar-refractivity contribution in [1.82, 2.24) is 4.90 Å². The number of hydrogen-bond acceptors (Lipinski definition) is 3. The minimum atomic E-state index is -0.994. The van der Waals surface area contributed by atoms with Gasteiger partial charge in [-0.1, -0.05) is 18.6 Å². The molecule has 0 aromatic carbocycles. The monoisotopic (exact) mass is 277 g/mol. The Morgan fingerprint density at radius 3 is 2.30 bits per heavy atom. The first-order valence-electron chi connectivity index (χ1n) is 7.22. The molecule has 0 aromatic heterocycles. The number of rotatable bonds is 2. The molecule has 5 heteroatoms. The van der Waals surface area contributed by atoms with Crippen LogP contribution in [0.4, 0.5) is 0 Å². The van der Waals surface area contributed by atoms with E-state index in [2.05, 4.69) is 0 Å². The second kappa shape index (κ2) is 4.43. The van der Waals surface area contributed by atoms with Crippen molar-refractivity contribution in [3.63, 3.8) is 0 Å². The average molecular weight is 277 g/mol. The largest absolute Gasteiger partial charge is 0.481 e. The van der Waals surface area contributed by atoms with E-state index < -0.39 is 17.4 Å².